The Morgan fingerprint density at radius 1 is 1.38 bits per heavy atom. The van der Waals surface area contributed by atoms with Crippen LogP contribution in [0, 0.1) is 5.92 Å². The summed E-state index contributed by atoms with van der Waals surface area (Å²) in [5.41, 5.74) is 0. The van der Waals surface area contributed by atoms with Crippen molar-refractivity contribution in [1.29, 1.82) is 0 Å². The third kappa shape index (κ3) is 5.28. The summed E-state index contributed by atoms with van der Waals surface area (Å²) in [5, 5.41) is 3.53. The van der Waals surface area contributed by atoms with E-state index < -0.39 is 0 Å². The van der Waals surface area contributed by atoms with E-state index in [0.29, 0.717) is 18.0 Å². The second kappa shape index (κ2) is 7.25. The third-order valence-electron chi connectivity index (χ3n) is 3.16. The Labute approximate surface area is 101 Å². The summed E-state index contributed by atoms with van der Waals surface area (Å²) in [4.78, 5) is 2.55. The molecule has 1 N–H and O–H groups in total. The van der Waals surface area contributed by atoms with Gasteiger partial charge in [-0.05, 0) is 32.7 Å². The van der Waals surface area contributed by atoms with Crippen LogP contribution < -0.4 is 5.32 Å². The van der Waals surface area contributed by atoms with Gasteiger partial charge in [0.2, 0.25) is 0 Å². The van der Waals surface area contributed by atoms with Crippen LogP contribution in [-0.4, -0.2) is 49.8 Å². The number of hydrogen-bond acceptors (Lipinski definition) is 3. The Morgan fingerprint density at radius 3 is 2.81 bits per heavy atom. The van der Waals surface area contributed by atoms with Crippen molar-refractivity contribution in [2.75, 3.05) is 32.8 Å². The van der Waals surface area contributed by atoms with Gasteiger partial charge in [-0.15, -0.1) is 0 Å². The predicted octanol–water partition coefficient (Wildman–Crippen LogP) is 1.73. The van der Waals surface area contributed by atoms with Crippen LogP contribution in [0.3, 0.4) is 0 Å². The molecule has 0 aliphatic carbocycles. The van der Waals surface area contributed by atoms with Gasteiger partial charge in [-0.25, -0.2) is 0 Å². The number of ether oxygens (including phenoxy) is 1. The normalized spacial score (nSPS) is 28.3. The van der Waals surface area contributed by atoms with E-state index >= 15 is 0 Å². The average molecular weight is 228 g/mol. The maximum atomic E-state index is 5.66. The van der Waals surface area contributed by atoms with Gasteiger partial charge in [-0.3, -0.25) is 4.90 Å². The molecule has 1 aliphatic heterocycles. The highest BCUT2D eigenvalue weighted by molar-refractivity contribution is 4.78. The van der Waals surface area contributed by atoms with Gasteiger partial charge in [-0.2, -0.15) is 0 Å². The van der Waals surface area contributed by atoms with Crippen LogP contribution in [0.5, 0.6) is 0 Å². The first-order valence-electron chi connectivity index (χ1n) is 6.64. The van der Waals surface area contributed by atoms with Gasteiger partial charge < -0.3 is 10.1 Å². The van der Waals surface area contributed by atoms with Crippen molar-refractivity contribution in [3.8, 4) is 0 Å². The molecule has 2 unspecified atom stereocenters. The maximum absolute atomic E-state index is 5.66. The molecule has 1 aliphatic rings. The van der Waals surface area contributed by atoms with Gasteiger partial charge in [0.1, 0.15) is 0 Å². The van der Waals surface area contributed by atoms with Crippen molar-refractivity contribution in [2.24, 2.45) is 5.92 Å². The molecule has 2 atom stereocenters. The quantitative estimate of drug-likeness (QED) is 0.725. The van der Waals surface area contributed by atoms with Crippen LogP contribution in [0.15, 0.2) is 0 Å². The average Bonchev–Trinajstić information content (AvgIpc) is 2.36. The first-order valence-corrected chi connectivity index (χ1v) is 6.64. The van der Waals surface area contributed by atoms with Gasteiger partial charge in [0.05, 0.1) is 6.61 Å². The zero-order valence-corrected chi connectivity index (χ0v) is 11.3. The van der Waals surface area contributed by atoms with Crippen molar-refractivity contribution in [1.82, 2.24) is 10.2 Å². The first-order chi connectivity index (χ1) is 7.59. The lowest BCUT2D eigenvalue weighted by atomic mass is 10.2. The summed E-state index contributed by atoms with van der Waals surface area (Å²) in [5.74, 6) is 0.641. The van der Waals surface area contributed by atoms with E-state index in [1.807, 2.05) is 0 Å². The first kappa shape index (κ1) is 13.9. The van der Waals surface area contributed by atoms with E-state index in [1.165, 1.54) is 6.42 Å². The topological polar surface area (TPSA) is 24.5 Å². The molecule has 1 heterocycles. The Morgan fingerprint density at radius 2 is 2.12 bits per heavy atom. The van der Waals surface area contributed by atoms with Crippen molar-refractivity contribution in [2.45, 2.75) is 46.2 Å². The Kier molecular flexibility index (Phi) is 6.32. The van der Waals surface area contributed by atoms with Crippen molar-refractivity contribution in [3.63, 3.8) is 0 Å². The second-order valence-corrected chi connectivity index (χ2v) is 5.46. The molecule has 0 spiro atoms. The summed E-state index contributed by atoms with van der Waals surface area (Å²) in [6, 6.07) is 1.29. The Hall–Kier alpha value is -0.120. The van der Waals surface area contributed by atoms with Crippen LogP contribution in [0.4, 0.5) is 0 Å². The number of hydrogen-bond donors (Lipinski definition) is 1. The van der Waals surface area contributed by atoms with E-state index in [9.17, 15) is 0 Å². The number of rotatable bonds is 5. The second-order valence-electron chi connectivity index (χ2n) is 5.46. The summed E-state index contributed by atoms with van der Waals surface area (Å²) < 4.78 is 5.66. The molecule has 3 nitrogen and oxygen atoms in total. The van der Waals surface area contributed by atoms with E-state index in [2.05, 4.69) is 37.9 Å². The largest absolute Gasteiger partial charge is 0.380 e. The molecule has 0 aromatic rings. The highest BCUT2D eigenvalue weighted by atomic mass is 16.5. The minimum absolute atomic E-state index is 0.607. The van der Waals surface area contributed by atoms with Crippen LogP contribution in [-0.2, 0) is 4.74 Å². The zero-order chi connectivity index (χ0) is 12.0. The van der Waals surface area contributed by atoms with Crippen LogP contribution >= 0.6 is 0 Å². The molecule has 0 aromatic carbocycles. The van der Waals surface area contributed by atoms with Crippen LogP contribution in [0.2, 0.25) is 0 Å². The highest BCUT2D eigenvalue weighted by Crippen LogP contribution is 2.08. The van der Waals surface area contributed by atoms with Gasteiger partial charge in [0.25, 0.3) is 0 Å². The molecule has 0 amide bonds. The minimum Gasteiger partial charge on any atom is -0.380 e. The molecule has 16 heavy (non-hydrogen) atoms. The summed E-state index contributed by atoms with van der Waals surface area (Å²) in [7, 11) is 0. The highest BCUT2D eigenvalue weighted by Gasteiger charge is 2.19. The number of nitrogens with zero attached hydrogens (tertiary/aromatic N) is 1. The lowest BCUT2D eigenvalue weighted by Crippen LogP contribution is -2.40. The molecule has 1 rings (SSSR count). The number of nitrogens with one attached hydrogen (secondary N) is 1. The summed E-state index contributed by atoms with van der Waals surface area (Å²) in [6.45, 7) is 14.1. The van der Waals surface area contributed by atoms with E-state index in [1.54, 1.807) is 0 Å². The van der Waals surface area contributed by atoms with Gasteiger partial charge >= 0.3 is 0 Å². The van der Waals surface area contributed by atoms with Gasteiger partial charge in [-0.1, -0.05) is 13.8 Å². The molecule has 0 aromatic heterocycles. The van der Waals surface area contributed by atoms with E-state index in [-0.39, 0.29) is 0 Å². The van der Waals surface area contributed by atoms with Gasteiger partial charge in [0.15, 0.2) is 0 Å². The SMILES string of the molecule is CC(C)COCCN1CC(C)NCCC1C. The Balaban J connectivity index is 2.22. The van der Waals surface area contributed by atoms with Crippen LogP contribution in [0.25, 0.3) is 0 Å². The summed E-state index contributed by atoms with van der Waals surface area (Å²) in [6.07, 6.45) is 1.24. The van der Waals surface area contributed by atoms with Crippen molar-refractivity contribution < 1.29 is 4.74 Å². The standard InChI is InChI=1S/C13H28N2O/c1-11(2)10-16-8-7-15-9-12(3)14-6-5-13(15)4/h11-14H,5-10H2,1-4H3. The smallest absolute Gasteiger partial charge is 0.0593 e. The molecule has 0 saturated carbocycles. The molecular formula is C13H28N2O. The fourth-order valence-electron chi connectivity index (χ4n) is 2.13. The lowest BCUT2D eigenvalue weighted by Gasteiger charge is -2.28. The molecule has 1 saturated heterocycles. The molecular weight excluding hydrogens is 200 g/mol. The van der Waals surface area contributed by atoms with E-state index in [0.717, 1.165) is 32.8 Å². The summed E-state index contributed by atoms with van der Waals surface area (Å²) >= 11 is 0. The maximum Gasteiger partial charge on any atom is 0.0593 e. The molecule has 0 bridgehead atoms. The van der Waals surface area contributed by atoms with E-state index in [4.69, 9.17) is 4.74 Å². The molecule has 3 heteroatoms. The third-order valence-corrected chi connectivity index (χ3v) is 3.16. The fraction of sp³-hybridized carbons (Fsp3) is 1.00. The zero-order valence-electron chi connectivity index (χ0n) is 11.3. The minimum atomic E-state index is 0.607. The molecule has 96 valence electrons. The van der Waals surface area contributed by atoms with Crippen molar-refractivity contribution in [3.05, 3.63) is 0 Å². The molecule has 1 fully saturated rings. The monoisotopic (exact) mass is 228 g/mol. The molecule has 0 radical (unpaired) electrons. The van der Waals surface area contributed by atoms with Gasteiger partial charge in [0, 0.05) is 31.8 Å². The Bertz CT molecular complexity index is 185. The van der Waals surface area contributed by atoms with Crippen LogP contribution in [0.1, 0.15) is 34.1 Å². The van der Waals surface area contributed by atoms with Crippen molar-refractivity contribution >= 4 is 0 Å². The lowest BCUT2D eigenvalue weighted by molar-refractivity contribution is 0.0743. The predicted molar refractivity (Wildman–Crippen MR) is 68.8 cm³/mol. The fourth-order valence-corrected chi connectivity index (χ4v) is 2.13.